The molecule has 2 bridgehead atoms. The quantitative estimate of drug-likeness (QED) is 0.693. The van der Waals surface area contributed by atoms with Crippen LogP contribution in [0.5, 0.6) is 0 Å². The van der Waals surface area contributed by atoms with E-state index in [0.29, 0.717) is 12.1 Å². The Bertz CT molecular complexity index is 1090. The van der Waals surface area contributed by atoms with Gasteiger partial charge in [0, 0.05) is 36.4 Å². The van der Waals surface area contributed by atoms with Crippen molar-refractivity contribution in [2.45, 2.75) is 43.9 Å². The van der Waals surface area contributed by atoms with Crippen molar-refractivity contribution in [1.29, 1.82) is 5.26 Å². The van der Waals surface area contributed by atoms with Crippen LogP contribution in [0.1, 0.15) is 30.4 Å². The standard InChI is InChI=1S/C23H21FN4S/c24-19-10-14(4-5-15(19)12-25)18-3-1-2-16(23(18)22-8-9-27-29-22)13-28-17-6-7-21(28)20(26)11-17/h1-5,8-10,17,20-21H,6-7,11,13,26H2/t17-,20+,21+/m1/s1. The first-order valence-corrected chi connectivity index (χ1v) is 10.7. The highest BCUT2D eigenvalue weighted by molar-refractivity contribution is 7.09. The molecular weight excluding hydrogens is 383 g/mol. The number of nitrogens with two attached hydrogens (primary N) is 1. The van der Waals surface area contributed by atoms with Gasteiger partial charge in [-0.25, -0.2) is 8.76 Å². The fourth-order valence-electron chi connectivity index (χ4n) is 4.97. The van der Waals surface area contributed by atoms with Crippen molar-refractivity contribution in [3.63, 3.8) is 0 Å². The highest BCUT2D eigenvalue weighted by Gasteiger charge is 2.44. The smallest absolute Gasteiger partial charge is 0.141 e. The van der Waals surface area contributed by atoms with Crippen molar-refractivity contribution in [2.75, 3.05) is 0 Å². The van der Waals surface area contributed by atoms with Crippen LogP contribution < -0.4 is 5.73 Å². The molecule has 6 heteroatoms. The average Bonchev–Trinajstić information content (AvgIpc) is 3.45. The van der Waals surface area contributed by atoms with Gasteiger partial charge in [0.2, 0.25) is 0 Å². The summed E-state index contributed by atoms with van der Waals surface area (Å²) in [4.78, 5) is 3.62. The molecule has 0 unspecified atom stereocenters. The molecule has 3 heterocycles. The van der Waals surface area contributed by atoms with E-state index >= 15 is 0 Å². The monoisotopic (exact) mass is 404 g/mol. The molecule has 2 aliphatic rings. The molecule has 5 rings (SSSR count). The van der Waals surface area contributed by atoms with Gasteiger partial charge in [0.15, 0.2) is 0 Å². The van der Waals surface area contributed by atoms with Crippen LogP contribution in [0.25, 0.3) is 21.6 Å². The van der Waals surface area contributed by atoms with E-state index in [1.54, 1.807) is 12.3 Å². The zero-order chi connectivity index (χ0) is 20.0. The van der Waals surface area contributed by atoms with E-state index in [1.165, 1.54) is 36.0 Å². The minimum Gasteiger partial charge on any atom is -0.326 e. The number of benzene rings is 2. The fraction of sp³-hybridized carbons (Fsp3) is 0.304. The van der Waals surface area contributed by atoms with E-state index in [2.05, 4.69) is 15.3 Å². The third-order valence-electron chi connectivity index (χ3n) is 6.32. The number of nitriles is 1. The van der Waals surface area contributed by atoms with Gasteiger partial charge in [-0.2, -0.15) is 5.26 Å². The Morgan fingerprint density at radius 3 is 2.79 bits per heavy atom. The number of hydrogen-bond acceptors (Lipinski definition) is 5. The predicted octanol–water partition coefficient (Wildman–Crippen LogP) is 4.55. The molecule has 0 aliphatic carbocycles. The Hall–Kier alpha value is -2.59. The van der Waals surface area contributed by atoms with Crippen LogP contribution >= 0.6 is 11.5 Å². The fourth-order valence-corrected chi connectivity index (χ4v) is 5.66. The van der Waals surface area contributed by atoms with Crippen molar-refractivity contribution in [1.82, 2.24) is 9.27 Å². The number of hydrogen-bond donors (Lipinski definition) is 1. The van der Waals surface area contributed by atoms with Crippen molar-refractivity contribution in [3.05, 3.63) is 65.6 Å². The third kappa shape index (κ3) is 3.16. The van der Waals surface area contributed by atoms with E-state index < -0.39 is 5.82 Å². The van der Waals surface area contributed by atoms with Crippen molar-refractivity contribution >= 4 is 11.5 Å². The summed E-state index contributed by atoms with van der Waals surface area (Å²) in [6.45, 7) is 0.836. The molecular formula is C23H21FN4S. The Balaban J connectivity index is 1.61. The molecule has 29 heavy (non-hydrogen) atoms. The summed E-state index contributed by atoms with van der Waals surface area (Å²) in [5.74, 6) is -0.491. The van der Waals surface area contributed by atoms with E-state index in [9.17, 15) is 4.39 Å². The summed E-state index contributed by atoms with van der Waals surface area (Å²) in [7, 11) is 0. The topological polar surface area (TPSA) is 65.9 Å². The second-order valence-electron chi connectivity index (χ2n) is 7.89. The molecule has 2 aliphatic heterocycles. The van der Waals surface area contributed by atoms with Gasteiger partial charge in [-0.3, -0.25) is 4.90 Å². The van der Waals surface area contributed by atoms with Gasteiger partial charge in [-0.05, 0) is 65.7 Å². The molecule has 2 aromatic carbocycles. The zero-order valence-electron chi connectivity index (χ0n) is 15.9. The summed E-state index contributed by atoms with van der Waals surface area (Å²) >= 11 is 1.45. The molecule has 1 aromatic heterocycles. The molecule has 146 valence electrons. The highest BCUT2D eigenvalue weighted by Crippen LogP contribution is 2.42. The molecule has 2 fully saturated rings. The van der Waals surface area contributed by atoms with Gasteiger partial charge in [-0.1, -0.05) is 24.3 Å². The van der Waals surface area contributed by atoms with Gasteiger partial charge in [0.05, 0.1) is 10.4 Å². The van der Waals surface area contributed by atoms with Gasteiger partial charge in [0.25, 0.3) is 0 Å². The Morgan fingerprint density at radius 1 is 1.24 bits per heavy atom. The Morgan fingerprint density at radius 2 is 2.14 bits per heavy atom. The molecule has 3 atom stereocenters. The first-order chi connectivity index (χ1) is 14.2. The summed E-state index contributed by atoms with van der Waals surface area (Å²) in [6.07, 6.45) is 5.26. The second-order valence-corrected chi connectivity index (χ2v) is 8.73. The number of fused-ring (bicyclic) bond motifs is 2. The van der Waals surface area contributed by atoms with Gasteiger partial charge < -0.3 is 5.73 Å². The SMILES string of the molecule is N#Cc1ccc(-c2cccc(CN3[C@@H]4CC[C@H]3[C@@H](N)C4)c2-c2ccns2)cc1F. The van der Waals surface area contributed by atoms with Crippen LogP contribution in [0.2, 0.25) is 0 Å². The van der Waals surface area contributed by atoms with Crippen LogP contribution in [0.15, 0.2) is 48.7 Å². The van der Waals surface area contributed by atoms with Crippen LogP contribution in [0.4, 0.5) is 4.39 Å². The van der Waals surface area contributed by atoms with Crippen LogP contribution in [-0.2, 0) is 6.54 Å². The third-order valence-corrected chi connectivity index (χ3v) is 7.08. The lowest BCUT2D eigenvalue weighted by Crippen LogP contribution is -2.36. The first-order valence-electron chi connectivity index (χ1n) is 9.90. The van der Waals surface area contributed by atoms with E-state index in [1.807, 2.05) is 30.3 Å². The lowest BCUT2D eigenvalue weighted by Gasteiger charge is -2.25. The Labute approximate surface area is 173 Å². The second kappa shape index (κ2) is 7.34. The molecule has 0 spiro atoms. The van der Waals surface area contributed by atoms with E-state index in [4.69, 9.17) is 11.0 Å². The summed E-state index contributed by atoms with van der Waals surface area (Å²) < 4.78 is 18.6. The summed E-state index contributed by atoms with van der Waals surface area (Å²) in [5.41, 5.74) is 10.4. The summed E-state index contributed by atoms with van der Waals surface area (Å²) in [6, 6.07) is 16.2. The Kier molecular flexibility index (Phi) is 4.67. The molecule has 0 saturated carbocycles. The molecule has 4 nitrogen and oxygen atoms in total. The minimum atomic E-state index is -0.491. The lowest BCUT2D eigenvalue weighted by atomic mass is 9.93. The van der Waals surface area contributed by atoms with Crippen molar-refractivity contribution < 1.29 is 4.39 Å². The van der Waals surface area contributed by atoms with Crippen LogP contribution in [-0.4, -0.2) is 27.4 Å². The number of aromatic nitrogens is 1. The number of rotatable bonds is 4. The van der Waals surface area contributed by atoms with Gasteiger partial charge in [-0.15, -0.1) is 0 Å². The van der Waals surface area contributed by atoms with Crippen LogP contribution in [0, 0.1) is 17.1 Å². The zero-order valence-corrected chi connectivity index (χ0v) is 16.7. The lowest BCUT2D eigenvalue weighted by molar-refractivity contribution is 0.239. The number of nitrogens with zero attached hydrogens (tertiary/aromatic N) is 3. The van der Waals surface area contributed by atoms with E-state index in [0.717, 1.165) is 34.5 Å². The van der Waals surface area contributed by atoms with Crippen molar-refractivity contribution in [2.24, 2.45) is 5.73 Å². The normalized spacial score (nSPS) is 23.4. The predicted molar refractivity (Wildman–Crippen MR) is 113 cm³/mol. The van der Waals surface area contributed by atoms with E-state index in [-0.39, 0.29) is 11.6 Å². The first kappa shape index (κ1) is 18.4. The average molecular weight is 405 g/mol. The molecule has 0 radical (unpaired) electrons. The summed E-state index contributed by atoms with van der Waals surface area (Å²) in [5, 5.41) is 9.05. The molecule has 3 aromatic rings. The molecule has 0 amide bonds. The van der Waals surface area contributed by atoms with Crippen molar-refractivity contribution in [3.8, 4) is 27.6 Å². The van der Waals surface area contributed by atoms with Crippen LogP contribution in [0.3, 0.4) is 0 Å². The van der Waals surface area contributed by atoms with Gasteiger partial charge in [0.1, 0.15) is 11.9 Å². The largest absolute Gasteiger partial charge is 0.326 e. The van der Waals surface area contributed by atoms with Gasteiger partial charge >= 0.3 is 0 Å². The number of halogens is 1. The molecule has 2 N–H and O–H groups in total. The maximum atomic E-state index is 14.3. The minimum absolute atomic E-state index is 0.0619. The maximum absolute atomic E-state index is 14.3. The molecule has 2 saturated heterocycles. The maximum Gasteiger partial charge on any atom is 0.141 e. The highest BCUT2D eigenvalue weighted by atomic mass is 32.1.